The third-order valence-electron chi connectivity index (χ3n) is 6.63. The van der Waals surface area contributed by atoms with E-state index in [-0.39, 0.29) is 12.5 Å². The molecule has 1 unspecified atom stereocenters. The van der Waals surface area contributed by atoms with Gasteiger partial charge in [0, 0.05) is 5.92 Å². The predicted octanol–water partition coefficient (Wildman–Crippen LogP) is 4.16. The molecule has 186 valence electrons. The van der Waals surface area contributed by atoms with Gasteiger partial charge in [-0.25, -0.2) is 9.59 Å². The first-order chi connectivity index (χ1) is 16.6. The van der Waals surface area contributed by atoms with Crippen LogP contribution in [0.5, 0.6) is 0 Å². The zero-order valence-corrected chi connectivity index (χ0v) is 19.5. The Kier molecular flexibility index (Phi) is 6.78. The van der Waals surface area contributed by atoms with Crippen LogP contribution in [0.2, 0.25) is 0 Å². The monoisotopic (exact) mass is 486 g/mol. The molecule has 2 aliphatic carbocycles. The van der Waals surface area contributed by atoms with Crippen LogP contribution in [0.25, 0.3) is 11.1 Å². The van der Waals surface area contributed by atoms with Crippen molar-refractivity contribution in [2.45, 2.75) is 50.6 Å². The number of hydrogen-bond acceptors (Lipinski definition) is 4. The van der Waals surface area contributed by atoms with Crippen LogP contribution in [-0.4, -0.2) is 47.7 Å². The minimum atomic E-state index is -4.11. The number of carbonyl (C=O) groups is 3. The Labute approximate surface area is 201 Å². The van der Waals surface area contributed by atoms with Crippen LogP contribution in [-0.2, 0) is 14.3 Å². The standard InChI is InChI=1S/C26H28F2N2O5/c1-14(2)21(23(31)30-22(15-11-12-15)26(27,28)24(32)33)29-25(34)35-13-20-18-9-5-3-7-16(18)17-8-4-6-10-19(17)20/h3-10,14-15,20-22H,11-13H2,1-2H3,(H,29,34)(H,30,31)(H,32,33)/t21-,22?/m1/s1. The summed E-state index contributed by atoms with van der Waals surface area (Å²) in [6.07, 6.45) is -0.0476. The molecule has 3 N–H and O–H groups in total. The summed E-state index contributed by atoms with van der Waals surface area (Å²) in [4.78, 5) is 36.5. The maximum absolute atomic E-state index is 14.2. The number of alkyl halides is 2. The number of nitrogens with one attached hydrogen (secondary N) is 2. The van der Waals surface area contributed by atoms with Crippen LogP contribution in [0.3, 0.4) is 0 Å². The zero-order chi connectivity index (χ0) is 25.3. The molecule has 2 aliphatic rings. The normalized spacial score (nSPS) is 16.7. The van der Waals surface area contributed by atoms with Crippen molar-refractivity contribution in [1.82, 2.24) is 10.6 Å². The lowest BCUT2D eigenvalue weighted by molar-refractivity contribution is -0.171. The molecule has 2 aromatic carbocycles. The first-order valence-electron chi connectivity index (χ1n) is 11.6. The van der Waals surface area contributed by atoms with E-state index in [1.54, 1.807) is 13.8 Å². The molecule has 0 spiro atoms. The van der Waals surface area contributed by atoms with E-state index in [0.29, 0.717) is 12.8 Å². The van der Waals surface area contributed by atoms with Gasteiger partial charge in [0.2, 0.25) is 5.91 Å². The molecule has 2 amide bonds. The minimum absolute atomic E-state index is 0.0358. The molecule has 4 rings (SSSR count). The molecule has 0 aliphatic heterocycles. The highest BCUT2D eigenvalue weighted by Crippen LogP contribution is 2.44. The van der Waals surface area contributed by atoms with Gasteiger partial charge in [-0.15, -0.1) is 0 Å². The number of alkyl carbamates (subject to hydrolysis) is 1. The Morgan fingerprint density at radius 2 is 1.54 bits per heavy atom. The van der Waals surface area contributed by atoms with Crippen LogP contribution >= 0.6 is 0 Å². The number of halogens is 2. The van der Waals surface area contributed by atoms with Gasteiger partial charge in [-0.05, 0) is 46.9 Å². The van der Waals surface area contributed by atoms with Crippen molar-refractivity contribution in [2.75, 3.05) is 6.61 Å². The number of carboxylic acid groups (broad SMARTS) is 1. The van der Waals surface area contributed by atoms with Gasteiger partial charge in [0.05, 0.1) is 0 Å². The summed E-state index contributed by atoms with van der Waals surface area (Å²) in [5.41, 5.74) is 4.20. The highest BCUT2D eigenvalue weighted by molar-refractivity contribution is 5.87. The van der Waals surface area contributed by atoms with Gasteiger partial charge in [0.25, 0.3) is 0 Å². The van der Waals surface area contributed by atoms with E-state index in [4.69, 9.17) is 9.84 Å². The number of benzene rings is 2. The van der Waals surface area contributed by atoms with E-state index in [2.05, 4.69) is 10.6 Å². The Balaban J connectivity index is 1.42. The first kappa shape index (κ1) is 24.6. The van der Waals surface area contributed by atoms with E-state index in [1.807, 2.05) is 48.5 Å². The van der Waals surface area contributed by atoms with Crippen LogP contribution in [0, 0.1) is 11.8 Å². The molecule has 0 heterocycles. The van der Waals surface area contributed by atoms with Gasteiger partial charge in [0.1, 0.15) is 18.7 Å². The Morgan fingerprint density at radius 3 is 2.03 bits per heavy atom. The summed E-state index contributed by atoms with van der Waals surface area (Å²) in [6, 6.07) is 12.7. The lowest BCUT2D eigenvalue weighted by Crippen LogP contribution is -2.58. The number of aliphatic carboxylic acids is 1. The van der Waals surface area contributed by atoms with E-state index >= 15 is 0 Å². The van der Waals surface area contributed by atoms with E-state index in [9.17, 15) is 23.2 Å². The fourth-order valence-corrected chi connectivity index (χ4v) is 4.61. The predicted molar refractivity (Wildman–Crippen MR) is 124 cm³/mol. The number of rotatable bonds is 9. The maximum Gasteiger partial charge on any atom is 0.407 e. The van der Waals surface area contributed by atoms with Gasteiger partial charge in [-0.2, -0.15) is 8.78 Å². The van der Waals surface area contributed by atoms with Crippen LogP contribution in [0.1, 0.15) is 43.7 Å². The molecule has 0 saturated heterocycles. The van der Waals surface area contributed by atoms with E-state index < -0.39 is 47.8 Å². The maximum atomic E-state index is 14.2. The highest BCUT2D eigenvalue weighted by Gasteiger charge is 2.55. The van der Waals surface area contributed by atoms with Gasteiger partial charge < -0.3 is 20.5 Å². The van der Waals surface area contributed by atoms with Gasteiger partial charge in [-0.1, -0.05) is 62.4 Å². The molecule has 0 bridgehead atoms. The Bertz CT molecular complexity index is 1090. The van der Waals surface area contributed by atoms with Gasteiger partial charge in [-0.3, -0.25) is 4.79 Å². The lowest BCUT2D eigenvalue weighted by atomic mass is 9.98. The number of carboxylic acids is 1. The molecule has 2 aromatic rings. The Hall–Kier alpha value is -3.49. The number of amides is 2. The molecule has 7 nitrogen and oxygen atoms in total. The van der Waals surface area contributed by atoms with Gasteiger partial charge >= 0.3 is 18.0 Å². The highest BCUT2D eigenvalue weighted by atomic mass is 19.3. The third kappa shape index (κ3) is 4.99. The van der Waals surface area contributed by atoms with Crippen molar-refractivity contribution in [3.63, 3.8) is 0 Å². The topological polar surface area (TPSA) is 105 Å². The van der Waals surface area contributed by atoms with Crippen LogP contribution in [0.15, 0.2) is 48.5 Å². The molecule has 1 saturated carbocycles. The van der Waals surface area contributed by atoms with Crippen LogP contribution in [0.4, 0.5) is 13.6 Å². The second kappa shape index (κ2) is 9.64. The summed E-state index contributed by atoms with van der Waals surface area (Å²) < 4.78 is 33.9. The second-order valence-electron chi connectivity index (χ2n) is 9.44. The minimum Gasteiger partial charge on any atom is -0.477 e. The molecule has 35 heavy (non-hydrogen) atoms. The average molecular weight is 487 g/mol. The van der Waals surface area contributed by atoms with Crippen LogP contribution < -0.4 is 10.6 Å². The number of hydrogen-bond donors (Lipinski definition) is 3. The summed E-state index contributed by atoms with van der Waals surface area (Å²) in [6.45, 7) is 3.33. The molecule has 1 fully saturated rings. The lowest BCUT2D eigenvalue weighted by Gasteiger charge is -2.28. The van der Waals surface area contributed by atoms with Crippen molar-refractivity contribution < 1.29 is 33.0 Å². The molecular weight excluding hydrogens is 458 g/mol. The first-order valence-corrected chi connectivity index (χ1v) is 11.6. The SMILES string of the molecule is CC(C)[C@@H](NC(=O)OCC1c2ccccc2-c2ccccc21)C(=O)NC(C1CC1)C(F)(F)C(=O)O. The van der Waals surface area contributed by atoms with E-state index in [0.717, 1.165) is 22.3 Å². The molecule has 2 atom stereocenters. The zero-order valence-electron chi connectivity index (χ0n) is 19.5. The largest absolute Gasteiger partial charge is 0.477 e. The quantitative estimate of drug-likeness (QED) is 0.494. The summed E-state index contributed by atoms with van der Waals surface area (Å²) in [5, 5.41) is 13.6. The summed E-state index contributed by atoms with van der Waals surface area (Å²) in [7, 11) is 0. The van der Waals surface area contributed by atoms with Crippen molar-refractivity contribution in [2.24, 2.45) is 11.8 Å². The molecule has 0 radical (unpaired) electrons. The second-order valence-corrected chi connectivity index (χ2v) is 9.44. The van der Waals surface area contributed by atoms with Crippen molar-refractivity contribution >= 4 is 18.0 Å². The summed E-state index contributed by atoms with van der Waals surface area (Å²) >= 11 is 0. The Morgan fingerprint density at radius 1 is 1.00 bits per heavy atom. The van der Waals surface area contributed by atoms with Crippen molar-refractivity contribution in [3.05, 3.63) is 59.7 Å². The number of fused-ring (bicyclic) bond motifs is 3. The molecule has 0 aromatic heterocycles. The number of carbonyl (C=O) groups excluding carboxylic acids is 2. The molecular formula is C26H28F2N2O5. The fourth-order valence-electron chi connectivity index (χ4n) is 4.61. The third-order valence-corrected chi connectivity index (χ3v) is 6.63. The van der Waals surface area contributed by atoms with Crippen molar-refractivity contribution in [1.29, 1.82) is 0 Å². The average Bonchev–Trinajstić information content (AvgIpc) is 3.61. The van der Waals surface area contributed by atoms with Gasteiger partial charge in [0.15, 0.2) is 0 Å². The fraction of sp³-hybridized carbons (Fsp3) is 0.423. The van der Waals surface area contributed by atoms with Crippen molar-refractivity contribution in [3.8, 4) is 11.1 Å². The number of ether oxygens (including phenoxy) is 1. The molecule has 9 heteroatoms. The smallest absolute Gasteiger partial charge is 0.407 e. The summed E-state index contributed by atoms with van der Waals surface area (Å²) in [5.74, 6) is -8.51. The van der Waals surface area contributed by atoms with E-state index in [1.165, 1.54) is 0 Å².